The van der Waals surface area contributed by atoms with Gasteiger partial charge in [0, 0.05) is 19.1 Å². The summed E-state index contributed by atoms with van der Waals surface area (Å²) in [6.07, 6.45) is 0.889. The highest BCUT2D eigenvalue weighted by Crippen LogP contribution is 2.20. The first-order chi connectivity index (χ1) is 9.52. The maximum absolute atomic E-state index is 12.2. The number of carbonyl (C=O) groups is 1. The lowest BCUT2D eigenvalue weighted by Crippen LogP contribution is -2.40. The lowest BCUT2D eigenvalue weighted by molar-refractivity contribution is -0.130. The Balaban J connectivity index is 1.95. The molecule has 1 aromatic carbocycles. The number of amides is 1. The zero-order valence-electron chi connectivity index (χ0n) is 12.8. The minimum atomic E-state index is -0.0512. The number of carbonyl (C=O) groups excluding carboxylic acids is 1. The maximum atomic E-state index is 12.2. The Morgan fingerprint density at radius 3 is 2.80 bits per heavy atom. The van der Waals surface area contributed by atoms with Crippen molar-refractivity contribution in [2.45, 2.75) is 45.8 Å². The molecule has 1 amide bonds. The van der Waals surface area contributed by atoms with Gasteiger partial charge in [-0.25, -0.2) is 0 Å². The largest absolute Gasteiger partial charge is 0.496 e. The van der Waals surface area contributed by atoms with E-state index in [1.54, 1.807) is 7.11 Å². The summed E-state index contributed by atoms with van der Waals surface area (Å²) in [7, 11) is 1.68. The van der Waals surface area contributed by atoms with Gasteiger partial charge in [0.15, 0.2) is 0 Å². The number of aryl methyl sites for hydroxylation is 1. The summed E-state index contributed by atoms with van der Waals surface area (Å²) in [4.78, 5) is 14.1. The number of ether oxygens (including phenoxy) is 1. The lowest BCUT2D eigenvalue weighted by atomic mass is 10.1. The fraction of sp³-hybridized carbons (Fsp3) is 0.562. The van der Waals surface area contributed by atoms with Gasteiger partial charge in [-0.3, -0.25) is 4.79 Å². The Labute approximate surface area is 121 Å². The molecule has 0 spiro atoms. The van der Waals surface area contributed by atoms with Crippen LogP contribution in [-0.4, -0.2) is 36.5 Å². The van der Waals surface area contributed by atoms with Gasteiger partial charge in [0.1, 0.15) is 5.75 Å². The summed E-state index contributed by atoms with van der Waals surface area (Å²) in [6, 6.07) is 6.39. The molecular weight excluding hydrogens is 252 g/mol. The maximum Gasteiger partial charge on any atom is 0.240 e. The quantitative estimate of drug-likeness (QED) is 0.895. The van der Waals surface area contributed by atoms with E-state index in [0.29, 0.717) is 6.54 Å². The molecule has 0 saturated carbocycles. The smallest absolute Gasteiger partial charge is 0.240 e. The van der Waals surface area contributed by atoms with Crippen molar-refractivity contribution in [1.82, 2.24) is 10.2 Å². The van der Waals surface area contributed by atoms with Crippen molar-refractivity contribution in [3.63, 3.8) is 0 Å². The van der Waals surface area contributed by atoms with E-state index in [1.165, 1.54) is 0 Å². The summed E-state index contributed by atoms with van der Waals surface area (Å²) in [6.45, 7) is 7.69. The summed E-state index contributed by atoms with van der Waals surface area (Å²) in [5.74, 6) is 1.12. The predicted molar refractivity (Wildman–Crippen MR) is 79.8 cm³/mol. The second kappa shape index (κ2) is 6.27. The number of benzene rings is 1. The summed E-state index contributed by atoms with van der Waals surface area (Å²) in [5, 5.41) is 3.36. The van der Waals surface area contributed by atoms with E-state index >= 15 is 0 Å². The van der Waals surface area contributed by atoms with Gasteiger partial charge in [0.05, 0.1) is 13.2 Å². The van der Waals surface area contributed by atoms with Gasteiger partial charge in [-0.05, 0) is 44.4 Å². The van der Waals surface area contributed by atoms with Crippen molar-refractivity contribution in [1.29, 1.82) is 0 Å². The molecule has 4 nitrogen and oxygen atoms in total. The Morgan fingerprint density at radius 1 is 1.45 bits per heavy atom. The normalized spacial score (nSPS) is 18.9. The van der Waals surface area contributed by atoms with Crippen LogP contribution in [-0.2, 0) is 11.3 Å². The van der Waals surface area contributed by atoms with Crippen molar-refractivity contribution >= 4 is 5.91 Å². The van der Waals surface area contributed by atoms with E-state index < -0.39 is 0 Å². The number of rotatable bonds is 5. The summed E-state index contributed by atoms with van der Waals surface area (Å²) >= 11 is 0. The van der Waals surface area contributed by atoms with E-state index in [2.05, 4.69) is 25.2 Å². The van der Waals surface area contributed by atoms with Crippen LogP contribution >= 0.6 is 0 Å². The van der Waals surface area contributed by atoms with Crippen molar-refractivity contribution in [2.75, 3.05) is 13.7 Å². The topological polar surface area (TPSA) is 41.6 Å². The van der Waals surface area contributed by atoms with Crippen molar-refractivity contribution in [3.8, 4) is 5.75 Å². The second-order valence-electron chi connectivity index (χ2n) is 5.65. The molecule has 1 N–H and O–H groups in total. The van der Waals surface area contributed by atoms with Gasteiger partial charge >= 0.3 is 0 Å². The van der Waals surface area contributed by atoms with Gasteiger partial charge in [0.2, 0.25) is 5.91 Å². The summed E-state index contributed by atoms with van der Waals surface area (Å²) in [5.41, 5.74) is 2.27. The number of nitrogens with zero attached hydrogens (tertiary/aromatic N) is 1. The van der Waals surface area contributed by atoms with Crippen LogP contribution in [0.5, 0.6) is 5.75 Å². The Kier molecular flexibility index (Phi) is 4.65. The molecular formula is C16H24N2O2. The van der Waals surface area contributed by atoms with E-state index in [9.17, 15) is 4.79 Å². The van der Waals surface area contributed by atoms with Gasteiger partial charge in [-0.15, -0.1) is 0 Å². The predicted octanol–water partition coefficient (Wildman–Crippen LogP) is 2.10. The van der Waals surface area contributed by atoms with Gasteiger partial charge in [0.25, 0.3) is 0 Å². The van der Waals surface area contributed by atoms with Crippen LogP contribution in [0.15, 0.2) is 18.2 Å². The second-order valence-corrected chi connectivity index (χ2v) is 5.65. The molecule has 20 heavy (non-hydrogen) atoms. The highest BCUT2D eigenvalue weighted by molar-refractivity contribution is 5.84. The molecule has 0 aromatic heterocycles. The Bertz CT molecular complexity index is 485. The van der Waals surface area contributed by atoms with Crippen LogP contribution in [0.2, 0.25) is 0 Å². The van der Waals surface area contributed by atoms with Gasteiger partial charge in [-0.2, -0.15) is 0 Å². The molecule has 1 aliphatic rings. The molecule has 0 unspecified atom stereocenters. The van der Waals surface area contributed by atoms with Gasteiger partial charge < -0.3 is 15.0 Å². The monoisotopic (exact) mass is 276 g/mol. The third kappa shape index (κ3) is 3.12. The number of nitrogens with one attached hydrogen (secondary N) is 1. The molecule has 0 aliphatic carbocycles. The van der Waals surface area contributed by atoms with E-state index in [0.717, 1.165) is 29.8 Å². The third-order valence-corrected chi connectivity index (χ3v) is 3.89. The first-order valence-electron chi connectivity index (χ1n) is 7.20. The molecule has 1 aromatic rings. The number of methoxy groups -OCH3 is 1. The minimum absolute atomic E-state index is 0.0512. The highest BCUT2D eigenvalue weighted by atomic mass is 16.5. The van der Waals surface area contributed by atoms with Crippen LogP contribution in [0.25, 0.3) is 0 Å². The highest BCUT2D eigenvalue weighted by Gasteiger charge is 2.32. The number of hydrogen-bond donors (Lipinski definition) is 1. The number of hydrogen-bond acceptors (Lipinski definition) is 3. The molecule has 0 radical (unpaired) electrons. The zero-order valence-corrected chi connectivity index (χ0v) is 12.8. The Hall–Kier alpha value is -1.55. The number of likely N-dealkylation sites (tertiary alicyclic amines) is 1. The van der Waals surface area contributed by atoms with E-state index in [1.807, 2.05) is 24.0 Å². The molecule has 1 saturated heterocycles. The van der Waals surface area contributed by atoms with Crippen LogP contribution in [0, 0.1) is 6.92 Å². The van der Waals surface area contributed by atoms with E-state index in [4.69, 9.17) is 4.74 Å². The van der Waals surface area contributed by atoms with Crippen molar-refractivity contribution in [2.24, 2.45) is 0 Å². The molecule has 2 rings (SSSR count). The van der Waals surface area contributed by atoms with Crippen LogP contribution in [0.3, 0.4) is 0 Å². The SMILES string of the molecule is COc1cc(CN[C@@H]2CCN(C(C)C)C2=O)ccc1C. The van der Waals surface area contributed by atoms with Crippen LogP contribution in [0.1, 0.15) is 31.4 Å². The molecule has 1 aliphatic heterocycles. The third-order valence-electron chi connectivity index (χ3n) is 3.89. The minimum Gasteiger partial charge on any atom is -0.496 e. The molecule has 1 fully saturated rings. The first-order valence-corrected chi connectivity index (χ1v) is 7.20. The average molecular weight is 276 g/mol. The average Bonchev–Trinajstić information content (AvgIpc) is 2.79. The molecule has 110 valence electrons. The van der Waals surface area contributed by atoms with Crippen molar-refractivity contribution < 1.29 is 9.53 Å². The lowest BCUT2D eigenvalue weighted by Gasteiger charge is -2.21. The molecule has 1 heterocycles. The standard InChI is InChI=1S/C16H24N2O2/c1-11(2)18-8-7-14(16(18)19)17-10-13-6-5-12(3)15(9-13)20-4/h5-6,9,11,14,17H,7-8,10H2,1-4H3/t14-/m1/s1. The van der Waals surface area contributed by atoms with Crippen molar-refractivity contribution in [3.05, 3.63) is 29.3 Å². The van der Waals surface area contributed by atoms with Gasteiger partial charge in [-0.1, -0.05) is 12.1 Å². The summed E-state index contributed by atoms with van der Waals surface area (Å²) < 4.78 is 5.32. The molecule has 1 atom stereocenters. The zero-order chi connectivity index (χ0) is 14.7. The fourth-order valence-electron chi connectivity index (χ4n) is 2.62. The Morgan fingerprint density at radius 2 is 2.20 bits per heavy atom. The van der Waals surface area contributed by atoms with E-state index in [-0.39, 0.29) is 18.0 Å². The molecule has 4 heteroatoms. The molecule has 0 bridgehead atoms. The van der Waals surface area contributed by atoms with Crippen LogP contribution < -0.4 is 10.1 Å². The van der Waals surface area contributed by atoms with Crippen LogP contribution in [0.4, 0.5) is 0 Å². The fourth-order valence-corrected chi connectivity index (χ4v) is 2.62. The first kappa shape index (κ1) is 14.9.